The molecule has 1 aliphatic heterocycles. The fourth-order valence-corrected chi connectivity index (χ4v) is 4.74. The lowest BCUT2D eigenvalue weighted by molar-refractivity contribution is 0.622. The number of nitrogens with one attached hydrogen (secondary N) is 1. The second kappa shape index (κ2) is 6.62. The molecule has 5 heterocycles. The van der Waals surface area contributed by atoms with Gasteiger partial charge in [-0.3, -0.25) is 4.68 Å². The number of aryl methyl sites for hydroxylation is 1. The third kappa shape index (κ3) is 2.54. The Balaban J connectivity index is 1.74. The highest BCUT2D eigenvalue weighted by molar-refractivity contribution is 5.87. The average molecular weight is 423 g/mol. The molecule has 1 aliphatic rings. The molecule has 8 heteroatoms. The normalized spacial score (nSPS) is 14.9. The summed E-state index contributed by atoms with van der Waals surface area (Å²) in [5.41, 5.74) is 7.15. The van der Waals surface area contributed by atoms with Crippen LogP contribution in [0.4, 0.5) is 4.39 Å². The fourth-order valence-electron chi connectivity index (χ4n) is 4.74. The van der Waals surface area contributed by atoms with Crippen LogP contribution in [-0.2, 0) is 13.5 Å². The van der Waals surface area contributed by atoms with Gasteiger partial charge in [-0.1, -0.05) is 6.92 Å². The van der Waals surface area contributed by atoms with Crippen LogP contribution in [0.15, 0.2) is 48.9 Å². The Bertz CT molecular complexity index is 1560. The lowest BCUT2D eigenvalue weighted by atomic mass is 9.90. The molecule has 0 saturated carbocycles. The SMILES string of the molecule is C[C@@H]1c2cc(F)ccc2-n2nccc2Cc2nn(C)c(C#N)c2-c2cnc3[nH]cc1c3c2. The molecular formula is C24H18FN7. The summed E-state index contributed by atoms with van der Waals surface area (Å²) in [4.78, 5) is 7.85. The summed E-state index contributed by atoms with van der Waals surface area (Å²) in [6, 6.07) is 11.1. The molecule has 0 aliphatic carbocycles. The first-order chi connectivity index (χ1) is 15.5. The zero-order chi connectivity index (χ0) is 22.0. The van der Waals surface area contributed by atoms with E-state index in [2.05, 4.69) is 33.2 Å². The van der Waals surface area contributed by atoms with Gasteiger partial charge in [0.15, 0.2) is 0 Å². The molecular weight excluding hydrogens is 405 g/mol. The van der Waals surface area contributed by atoms with E-state index < -0.39 is 0 Å². The van der Waals surface area contributed by atoms with Crippen molar-refractivity contribution in [3.05, 3.63) is 82.9 Å². The van der Waals surface area contributed by atoms with E-state index in [0.717, 1.165) is 50.4 Å². The van der Waals surface area contributed by atoms with E-state index in [1.165, 1.54) is 6.07 Å². The molecule has 0 unspecified atom stereocenters. The molecule has 0 spiro atoms. The molecule has 4 aromatic heterocycles. The maximum Gasteiger partial charge on any atom is 0.146 e. The second-order valence-electron chi connectivity index (χ2n) is 8.11. The van der Waals surface area contributed by atoms with Gasteiger partial charge in [-0.25, -0.2) is 14.1 Å². The first-order valence-corrected chi connectivity index (χ1v) is 10.3. The van der Waals surface area contributed by atoms with Crippen molar-refractivity contribution in [2.75, 3.05) is 0 Å². The summed E-state index contributed by atoms with van der Waals surface area (Å²) < 4.78 is 17.8. The quantitative estimate of drug-likeness (QED) is 0.404. The summed E-state index contributed by atoms with van der Waals surface area (Å²) in [7, 11) is 1.77. The highest BCUT2D eigenvalue weighted by Gasteiger charge is 2.25. The predicted molar refractivity (Wildman–Crippen MR) is 117 cm³/mol. The predicted octanol–water partition coefficient (Wildman–Crippen LogP) is 4.22. The van der Waals surface area contributed by atoms with E-state index in [9.17, 15) is 9.65 Å². The van der Waals surface area contributed by atoms with E-state index in [1.54, 1.807) is 36.3 Å². The molecule has 1 N–H and O–H groups in total. The van der Waals surface area contributed by atoms with Crippen LogP contribution in [0.5, 0.6) is 0 Å². The Kier molecular flexibility index (Phi) is 3.83. The molecule has 7 nitrogen and oxygen atoms in total. The summed E-state index contributed by atoms with van der Waals surface area (Å²) >= 11 is 0. The van der Waals surface area contributed by atoms with E-state index in [-0.39, 0.29) is 11.7 Å². The molecule has 0 radical (unpaired) electrons. The number of aromatic amines is 1. The number of nitrogens with zero attached hydrogens (tertiary/aromatic N) is 6. The van der Waals surface area contributed by atoms with Crippen molar-refractivity contribution >= 4 is 11.0 Å². The zero-order valence-electron chi connectivity index (χ0n) is 17.5. The molecule has 0 amide bonds. The maximum atomic E-state index is 14.4. The minimum atomic E-state index is -0.291. The highest BCUT2D eigenvalue weighted by Crippen LogP contribution is 2.37. The van der Waals surface area contributed by atoms with Gasteiger partial charge in [0, 0.05) is 54.5 Å². The van der Waals surface area contributed by atoms with Crippen LogP contribution >= 0.6 is 0 Å². The van der Waals surface area contributed by atoms with Crippen molar-refractivity contribution in [2.24, 2.45) is 7.05 Å². The highest BCUT2D eigenvalue weighted by atomic mass is 19.1. The van der Waals surface area contributed by atoms with E-state index in [4.69, 9.17) is 0 Å². The third-order valence-corrected chi connectivity index (χ3v) is 6.30. The molecule has 6 rings (SSSR count). The van der Waals surface area contributed by atoms with Gasteiger partial charge in [0.1, 0.15) is 23.2 Å². The number of halogens is 1. The summed E-state index contributed by atoms with van der Waals surface area (Å²) in [6.07, 6.45) is 5.89. The Labute approximate surface area is 182 Å². The molecule has 32 heavy (non-hydrogen) atoms. The van der Waals surface area contributed by atoms with Crippen LogP contribution in [0.2, 0.25) is 0 Å². The number of aromatic nitrogens is 6. The summed E-state index contributed by atoms with van der Waals surface area (Å²) in [5, 5.41) is 20.0. The van der Waals surface area contributed by atoms with Gasteiger partial charge >= 0.3 is 0 Å². The topological polar surface area (TPSA) is 88.1 Å². The molecule has 1 atom stereocenters. The van der Waals surface area contributed by atoms with Gasteiger partial charge < -0.3 is 4.98 Å². The molecule has 156 valence electrons. The van der Waals surface area contributed by atoms with Crippen LogP contribution in [-0.4, -0.2) is 29.5 Å². The van der Waals surface area contributed by atoms with Crippen LogP contribution in [0.3, 0.4) is 0 Å². The summed E-state index contributed by atoms with van der Waals surface area (Å²) in [6.45, 7) is 2.05. The number of H-pyrrole nitrogens is 1. The zero-order valence-corrected chi connectivity index (χ0v) is 17.5. The Morgan fingerprint density at radius 1 is 1.22 bits per heavy atom. The molecule has 0 fully saturated rings. The van der Waals surface area contributed by atoms with Crippen molar-refractivity contribution in [1.29, 1.82) is 5.26 Å². The maximum absolute atomic E-state index is 14.4. The first kappa shape index (κ1) is 18.5. The van der Waals surface area contributed by atoms with Crippen LogP contribution in [0, 0.1) is 17.1 Å². The van der Waals surface area contributed by atoms with E-state index in [1.807, 2.05) is 23.0 Å². The average Bonchev–Trinajstić information content (AvgIpc) is 3.49. The van der Waals surface area contributed by atoms with Crippen LogP contribution in [0.1, 0.15) is 41.1 Å². The van der Waals surface area contributed by atoms with Gasteiger partial charge in [0.25, 0.3) is 0 Å². The van der Waals surface area contributed by atoms with Crippen molar-refractivity contribution in [2.45, 2.75) is 19.3 Å². The number of fused-ring (bicyclic) bond motifs is 6. The standard InChI is InChI=1S/C24H18FN7/c1-13-17-8-15(25)3-4-21(17)32-16(5-6-29-32)9-20-23(22(10-26)31(2)30-20)14-7-18-19(13)12-28-24(18)27-11-14/h3-8,11-13H,9H2,1-2H3,(H,27,28)/t13-/m1/s1. The van der Waals surface area contributed by atoms with Gasteiger partial charge in [0.2, 0.25) is 0 Å². The Hall–Kier alpha value is -4.25. The van der Waals surface area contributed by atoms with Gasteiger partial charge in [0.05, 0.1) is 17.1 Å². The van der Waals surface area contributed by atoms with Crippen LogP contribution < -0.4 is 0 Å². The van der Waals surface area contributed by atoms with Crippen molar-refractivity contribution in [3.63, 3.8) is 0 Å². The number of hydrogen-bond acceptors (Lipinski definition) is 4. The largest absolute Gasteiger partial charge is 0.346 e. The Morgan fingerprint density at radius 2 is 2.09 bits per heavy atom. The molecule has 2 bridgehead atoms. The van der Waals surface area contributed by atoms with E-state index in [0.29, 0.717) is 12.1 Å². The first-order valence-electron chi connectivity index (χ1n) is 10.3. The van der Waals surface area contributed by atoms with Crippen molar-refractivity contribution in [3.8, 4) is 22.9 Å². The number of rotatable bonds is 0. The summed E-state index contributed by atoms with van der Waals surface area (Å²) in [5.74, 6) is -0.410. The number of hydrogen-bond donors (Lipinski definition) is 1. The molecule has 1 aromatic carbocycles. The number of nitriles is 1. The molecule has 0 saturated heterocycles. The van der Waals surface area contributed by atoms with Gasteiger partial charge in [-0.15, -0.1) is 0 Å². The Morgan fingerprint density at radius 3 is 2.94 bits per heavy atom. The van der Waals surface area contributed by atoms with Crippen LogP contribution in [0.25, 0.3) is 27.8 Å². The minimum Gasteiger partial charge on any atom is -0.346 e. The lowest BCUT2D eigenvalue weighted by Gasteiger charge is -2.19. The minimum absolute atomic E-state index is 0.119. The fraction of sp³-hybridized carbons (Fsp3) is 0.167. The second-order valence-corrected chi connectivity index (χ2v) is 8.11. The van der Waals surface area contributed by atoms with Crippen molar-refractivity contribution < 1.29 is 4.39 Å². The van der Waals surface area contributed by atoms with E-state index >= 15 is 0 Å². The van der Waals surface area contributed by atoms with Gasteiger partial charge in [-0.2, -0.15) is 15.5 Å². The van der Waals surface area contributed by atoms with Crippen molar-refractivity contribution in [1.82, 2.24) is 29.5 Å². The smallest absolute Gasteiger partial charge is 0.146 e. The van der Waals surface area contributed by atoms with Gasteiger partial charge in [-0.05, 0) is 41.5 Å². The molecule has 5 aromatic rings. The number of pyridine rings is 1. The third-order valence-electron chi connectivity index (χ3n) is 6.30. The monoisotopic (exact) mass is 423 g/mol. The lowest BCUT2D eigenvalue weighted by Crippen LogP contribution is -2.10. The number of benzene rings is 1.